The van der Waals surface area contributed by atoms with Crippen LogP contribution in [0.3, 0.4) is 0 Å². The van der Waals surface area contributed by atoms with Gasteiger partial charge in [0.1, 0.15) is 12.4 Å². The number of hydrogen-bond acceptors (Lipinski definition) is 3. The third kappa shape index (κ3) is 3.28. The largest absolute Gasteiger partial charge is 0.388 e. The highest BCUT2D eigenvalue weighted by Gasteiger charge is 2.25. The van der Waals surface area contributed by atoms with Crippen molar-refractivity contribution in [3.63, 3.8) is 0 Å². The average Bonchev–Trinajstić information content (AvgIpc) is 2.69. The molecule has 0 bridgehead atoms. The molecule has 1 unspecified atom stereocenters. The first-order valence-electron chi connectivity index (χ1n) is 6.47. The first-order valence-corrected chi connectivity index (χ1v) is 6.47. The Bertz CT molecular complexity index is 352. The molecule has 0 spiro atoms. The van der Waals surface area contributed by atoms with Gasteiger partial charge in [0.05, 0.1) is 0 Å². The van der Waals surface area contributed by atoms with Crippen LogP contribution >= 0.6 is 0 Å². The van der Waals surface area contributed by atoms with E-state index in [2.05, 4.69) is 49.4 Å². The van der Waals surface area contributed by atoms with Gasteiger partial charge in [0.2, 0.25) is 0 Å². The molecule has 0 saturated heterocycles. The molecule has 1 atom stereocenters. The van der Waals surface area contributed by atoms with Crippen LogP contribution in [0.5, 0.6) is 0 Å². The van der Waals surface area contributed by atoms with Crippen LogP contribution in [0.4, 0.5) is 0 Å². The predicted molar refractivity (Wildman–Crippen MR) is 68.9 cm³/mol. The standard InChI is InChI=1S/C13H25N3O/c1-6-7-8-10(2)12-15-14-11(9-17)16(12)13(3,4)5/h10,17H,6-9H2,1-5H3. The van der Waals surface area contributed by atoms with Crippen molar-refractivity contribution in [1.82, 2.24) is 14.8 Å². The molecule has 0 aromatic carbocycles. The van der Waals surface area contributed by atoms with Crippen molar-refractivity contribution in [2.75, 3.05) is 0 Å². The summed E-state index contributed by atoms with van der Waals surface area (Å²) in [6.07, 6.45) is 3.52. The second-order valence-corrected chi connectivity index (χ2v) is 5.68. The Morgan fingerprint density at radius 3 is 2.41 bits per heavy atom. The third-order valence-electron chi connectivity index (χ3n) is 3.00. The molecule has 0 aliphatic rings. The first-order chi connectivity index (χ1) is 7.91. The van der Waals surface area contributed by atoms with Crippen molar-refractivity contribution in [2.45, 2.75) is 71.9 Å². The number of aromatic nitrogens is 3. The molecule has 4 nitrogen and oxygen atoms in total. The lowest BCUT2D eigenvalue weighted by Crippen LogP contribution is -2.27. The van der Waals surface area contributed by atoms with Crippen molar-refractivity contribution in [3.05, 3.63) is 11.6 Å². The van der Waals surface area contributed by atoms with Gasteiger partial charge in [-0.15, -0.1) is 10.2 Å². The molecule has 0 saturated carbocycles. The van der Waals surface area contributed by atoms with Crippen molar-refractivity contribution in [2.24, 2.45) is 0 Å². The molecule has 0 radical (unpaired) electrons. The van der Waals surface area contributed by atoms with Gasteiger partial charge in [-0.05, 0) is 27.2 Å². The molecule has 4 heteroatoms. The molecule has 1 N–H and O–H groups in total. The molecule has 0 fully saturated rings. The minimum atomic E-state index is -0.0859. The van der Waals surface area contributed by atoms with Crippen LogP contribution in [0.1, 0.15) is 71.4 Å². The van der Waals surface area contributed by atoms with E-state index in [9.17, 15) is 5.11 Å². The van der Waals surface area contributed by atoms with E-state index in [0.29, 0.717) is 11.7 Å². The summed E-state index contributed by atoms with van der Waals surface area (Å²) in [5.41, 5.74) is -0.0859. The molecule has 1 aromatic heterocycles. The highest BCUT2D eigenvalue weighted by Crippen LogP contribution is 2.26. The van der Waals surface area contributed by atoms with E-state index in [1.54, 1.807) is 0 Å². The van der Waals surface area contributed by atoms with Crippen LogP contribution in [0.25, 0.3) is 0 Å². The SMILES string of the molecule is CCCCC(C)c1nnc(CO)n1C(C)(C)C. The third-order valence-corrected chi connectivity index (χ3v) is 3.00. The summed E-state index contributed by atoms with van der Waals surface area (Å²) in [4.78, 5) is 0. The highest BCUT2D eigenvalue weighted by molar-refractivity contribution is 5.04. The zero-order valence-corrected chi connectivity index (χ0v) is 11.7. The Labute approximate surface area is 104 Å². The minimum absolute atomic E-state index is 0.0508. The number of nitrogens with zero attached hydrogens (tertiary/aromatic N) is 3. The molecule has 98 valence electrons. The quantitative estimate of drug-likeness (QED) is 0.859. The summed E-state index contributed by atoms with van der Waals surface area (Å²) in [7, 11) is 0. The van der Waals surface area contributed by atoms with E-state index >= 15 is 0 Å². The Kier molecular flexibility index (Phi) is 4.69. The minimum Gasteiger partial charge on any atom is -0.388 e. The van der Waals surface area contributed by atoms with Gasteiger partial charge in [-0.2, -0.15) is 0 Å². The lowest BCUT2D eigenvalue weighted by atomic mass is 10.0. The Balaban J connectivity index is 3.03. The van der Waals surface area contributed by atoms with Gasteiger partial charge < -0.3 is 9.67 Å². The second kappa shape index (κ2) is 5.63. The summed E-state index contributed by atoms with van der Waals surface area (Å²) < 4.78 is 2.08. The van der Waals surface area contributed by atoms with Crippen LogP contribution in [0.15, 0.2) is 0 Å². The smallest absolute Gasteiger partial charge is 0.159 e. The fourth-order valence-corrected chi connectivity index (χ4v) is 2.12. The zero-order chi connectivity index (χ0) is 13.1. The molecular weight excluding hydrogens is 214 g/mol. The fraction of sp³-hybridized carbons (Fsp3) is 0.846. The van der Waals surface area contributed by atoms with E-state index in [4.69, 9.17) is 0 Å². The second-order valence-electron chi connectivity index (χ2n) is 5.68. The normalized spacial score (nSPS) is 14.0. The summed E-state index contributed by atoms with van der Waals surface area (Å²) in [5.74, 6) is 2.05. The van der Waals surface area contributed by atoms with Gasteiger partial charge >= 0.3 is 0 Å². The fourth-order valence-electron chi connectivity index (χ4n) is 2.12. The predicted octanol–water partition coefficient (Wildman–Crippen LogP) is 2.82. The molecule has 0 amide bonds. The number of rotatable bonds is 5. The van der Waals surface area contributed by atoms with Gasteiger partial charge in [-0.1, -0.05) is 26.7 Å². The maximum absolute atomic E-state index is 9.33. The van der Waals surface area contributed by atoms with Gasteiger partial charge in [-0.3, -0.25) is 0 Å². The Morgan fingerprint density at radius 1 is 1.29 bits per heavy atom. The monoisotopic (exact) mass is 239 g/mol. The molecule has 1 aromatic rings. The molecule has 0 aliphatic heterocycles. The number of aliphatic hydroxyl groups excluding tert-OH is 1. The Hall–Kier alpha value is -0.900. The molecule has 1 rings (SSSR count). The summed E-state index contributed by atoms with van der Waals surface area (Å²) in [6, 6.07) is 0. The number of unbranched alkanes of at least 4 members (excludes halogenated alkanes) is 1. The van der Waals surface area contributed by atoms with E-state index in [0.717, 1.165) is 12.2 Å². The Morgan fingerprint density at radius 2 is 1.94 bits per heavy atom. The number of aliphatic hydroxyl groups is 1. The molecule has 17 heavy (non-hydrogen) atoms. The maximum atomic E-state index is 9.33. The van der Waals surface area contributed by atoms with Gasteiger partial charge in [0.15, 0.2) is 5.82 Å². The van der Waals surface area contributed by atoms with Crippen LogP contribution in [-0.2, 0) is 12.1 Å². The zero-order valence-electron chi connectivity index (χ0n) is 11.7. The van der Waals surface area contributed by atoms with E-state index in [1.807, 2.05) is 0 Å². The van der Waals surface area contributed by atoms with Crippen molar-refractivity contribution in [1.29, 1.82) is 0 Å². The van der Waals surface area contributed by atoms with Crippen LogP contribution in [0, 0.1) is 0 Å². The molecular formula is C13H25N3O. The average molecular weight is 239 g/mol. The summed E-state index contributed by atoms with van der Waals surface area (Å²) >= 11 is 0. The van der Waals surface area contributed by atoms with Gasteiger partial charge in [-0.25, -0.2) is 0 Å². The van der Waals surface area contributed by atoms with Gasteiger partial charge in [0, 0.05) is 11.5 Å². The van der Waals surface area contributed by atoms with E-state index < -0.39 is 0 Å². The van der Waals surface area contributed by atoms with Crippen molar-refractivity contribution in [3.8, 4) is 0 Å². The highest BCUT2D eigenvalue weighted by atomic mass is 16.3. The van der Waals surface area contributed by atoms with Crippen molar-refractivity contribution >= 4 is 0 Å². The maximum Gasteiger partial charge on any atom is 0.159 e. The van der Waals surface area contributed by atoms with Crippen LogP contribution < -0.4 is 0 Å². The summed E-state index contributed by atoms with van der Waals surface area (Å²) in [5, 5.41) is 17.7. The van der Waals surface area contributed by atoms with Gasteiger partial charge in [0.25, 0.3) is 0 Å². The van der Waals surface area contributed by atoms with Crippen LogP contribution in [0.2, 0.25) is 0 Å². The first kappa shape index (κ1) is 14.2. The lowest BCUT2D eigenvalue weighted by molar-refractivity contribution is 0.246. The summed E-state index contributed by atoms with van der Waals surface area (Å²) in [6.45, 7) is 10.7. The molecule has 1 heterocycles. The molecule has 0 aliphatic carbocycles. The van der Waals surface area contributed by atoms with Crippen molar-refractivity contribution < 1.29 is 5.11 Å². The lowest BCUT2D eigenvalue weighted by Gasteiger charge is -2.26. The van der Waals surface area contributed by atoms with E-state index in [-0.39, 0.29) is 12.1 Å². The topological polar surface area (TPSA) is 50.9 Å². The van der Waals surface area contributed by atoms with Crippen LogP contribution in [-0.4, -0.2) is 19.9 Å². The number of hydrogen-bond donors (Lipinski definition) is 1. The van der Waals surface area contributed by atoms with E-state index in [1.165, 1.54) is 12.8 Å².